The molecule has 0 saturated carbocycles. The van der Waals surface area contributed by atoms with E-state index in [4.69, 9.17) is 14.2 Å². The Kier molecular flexibility index (Phi) is 8.33. The summed E-state index contributed by atoms with van der Waals surface area (Å²) in [5, 5.41) is 2.63. The average Bonchev–Trinajstić information content (AvgIpc) is 2.77. The molecule has 0 unspecified atom stereocenters. The van der Waals surface area contributed by atoms with Crippen LogP contribution in [0.25, 0.3) is 0 Å². The molecule has 1 atom stereocenters. The average molecular weight is 400 g/mol. The van der Waals surface area contributed by atoms with Crippen LogP contribution < -0.4 is 19.5 Å². The molecule has 7 heteroatoms. The van der Waals surface area contributed by atoms with Gasteiger partial charge in [0.15, 0.2) is 18.1 Å². The van der Waals surface area contributed by atoms with Gasteiger partial charge in [-0.1, -0.05) is 31.2 Å². The lowest BCUT2D eigenvalue weighted by atomic mass is 10.1. The monoisotopic (exact) mass is 400 g/mol. The van der Waals surface area contributed by atoms with Crippen LogP contribution in [-0.4, -0.2) is 50.6 Å². The number of hydrogen-bond donors (Lipinski definition) is 1. The van der Waals surface area contributed by atoms with E-state index in [1.807, 2.05) is 37.3 Å². The largest absolute Gasteiger partial charge is 0.497 e. The molecular weight excluding hydrogens is 372 g/mol. The third kappa shape index (κ3) is 5.88. The predicted molar refractivity (Wildman–Crippen MR) is 110 cm³/mol. The maximum atomic E-state index is 13.0. The molecule has 1 N–H and O–H groups in total. The minimum absolute atomic E-state index is 0.204. The van der Waals surface area contributed by atoms with Crippen molar-refractivity contribution in [3.8, 4) is 17.2 Å². The van der Waals surface area contributed by atoms with Crippen molar-refractivity contribution in [1.29, 1.82) is 0 Å². The van der Waals surface area contributed by atoms with E-state index in [0.717, 1.165) is 11.3 Å². The Morgan fingerprint density at radius 2 is 1.66 bits per heavy atom. The van der Waals surface area contributed by atoms with Crippen molar-refractivity contribution in [2.75, 3.05) is 27.9 Å². The smallest absolute Gasteiger partial charge is 0.261 e. The summed E-state index contributed by atoms with van der Waals surface area (Å²) in [6, 6.07) is 13.9. The summed E-state index contributed by atoms with van der Waals surface area (Å²) in [7, 11) is 4.70. The highest BCUT2D eigenvalue weighted by molar-refractivity contribution is 5.88. The molecule has 2 aromatic rings. The number of methoxy groups -OCH3 is 2. The fraction of sp³-hybridized carbons (Fsp3) is 0.364. The lowest BCUT2D eigenvalue weighted by Gasteiger charge is -2.30. The molecule has 156 valence electrons. The fourth-order valence-corrected chi connectivity index (χ4v) is 2.97. The van der Waals surface area contributed by atoms with E-state index < -0.39 is 6.04 Å². The Labute approximate surface area is 171 Å². The van der Waals surface area contributed by atoms with Gasteiger partial charge in [0, 0.05) is 13.6 Å². The zero-order valence-corrected chi connectivity index (χ0v) is 17.3. The summed E-state index contributed by atoms with van der Waals surface area (Å²) >= 11 is 0. The van der Waals surface area contributed by atoms with Gasteiger partial charge in [-0.3, -0.25) is 9.59 Å². The topological polar surface area (TPSA) is 77.1 Å². The van der Waals surface area contributed by atoms with E-state index in [9.17, 15) is 9.59 Å². The minimum atomic E-state index is -0.601. The van der Waals surface area contributed by atoms with E-state index >= 15 is 0 Å². The first kappa shape index (κ1) is 22.1. The van der Waals surface area contributed by atoms with E-state index in [-0.39, 0.29) is 25.0 Å². The number of rotatable bonds is 10. The molecule has 0 radical (unpaired) electrons. The molecule has 0 bridgehead atoms. The summed E-state index contributed by atoms with van der Waals surface area (Å²) in [6.45, 7) is 1.95. The van der Waals surface area contributed by atoms with Gasteiger partial charge in [-0.25, -0.2) is 0 Å². The van der Waals surface area contributed by atoms with E-state index in [2.05, 4.69) is 5.32 Å². The van der Waals surface area contributed by atoms with E-state index in [1.54, 1.807) is 39.5 Å². The van der Waals surface area contributed by atoms with E-state index in [0.29, 0.717) is 17.9 Å². The summed E-state index contributed by atoms with van der Waals surface area (Å²) in [4.78, 5) is 26.9. The Morgan fingerprint density at radius 1 is 1.00 bits per heavy atom. The van der Waals surface area contributed by atoms with Crippen LogP contribution in [-0.2, 0) is 16.1 Å². The van der Waals surface area contributed by atoms with Crippen molar-refractivity contribution >= 4 is 11.8 Å². The molecule has 7 nitrogen and oxygen atoms in total. The Hall–Kier alpha value is -3.22. The van der Waals surface area contributed by atoms with Crippen molar-refractivity contribution in [2.24, 2.45) is 0 Å². The molecule has 0 heterocycles. The summed E-state index contributed by atoms with van der Waals surface area (Å²) in [6.07, 6.45) is 0.482. The molecule has 2 aromatic carbocycles. The van der Waals surface area contributed by atoms with Gasteiger partial charge in [0.25, 0.3) is 5.91 Å². The fourth-order valence-electron chi connectivity index (χ4n) is 2.97. The zero-order valence-electron chi connectivity index (χ0n) is 17.3. The Balaban J connectivity index is 2.20. The number of ether oxygens (including phenoxy) is 3. The number of benzene rings is 2. The van der Waals surface area contributed by atoms with Crippen LogP contribution in [0, 0.1) is 0 Å². The number of nitrogens with zero attached hydrogens (tertiary/aromatic N) is 1. The lowest BCUT2D eigenvalue weighted by Crippen LogP contribution is -2.49. The SMILES string of the molecule is CC[C@H](C(=O)NC)N(Cc1ccc(OC)cc1)C(=O)COc1ccccc1OC. The number of carbonyl (C=O) groups excluding carboxylic acids is 2. The predicted octanol–water partition coefficient (Wildman–Crippen LogP) is 2.64. The maximum absolute atomic E-state index is 13.0. The van der Waals surface area contributed by atoms with Gasteiger partial charge in [0.1, 0.15) is 11.8 Å². The van der Waals surface area contributed by atoms with Crippen molar-refractivity contribution in [2.45, 2.75) is 25.9 Å². The second-order valence-corrected chi connectivity index (χ2v) is 6.35. The third-order valence-electron chi connectivity index (χ3n) is 4.56. The summed E-state index contributed by atoms with van der Waals surface area (Å²) in [5.41, 5.74) is 0.888. The second kappa shape index (κ2) is 10.9. The first-order valence-electron chi connectivity index (χ1n) is 9.43. The maximum Gasteiger partial charge on any atom is 0.261 e. The first-order valence-corrected chi connectivity index (χ1v) is 9.43. The Bertz CT molecular complexity index is 807. The number of nitrogens with one attached hydrogen (secondary N) is 1. The van der Waals surface area contributed by atoms with Crippen molar-refractivity contribution in [3.05, 3.63) is 54.1 Å². The molecule has 0 aliphatic heterocycles. The molecule has 0 aromatic heterocycles. The van der Waals surface area contributed by atoms with Crippen LogP contribution >= 0.6 is 0 Å². The van der Waals surface area contributed by atoms with Gasteiger partial charge in [-0.2, -0.15) is 0 Å². The highest BCUT2D eigenvalue weighted by Gasteiger charge is 2.28. The number of hydrogen-bond acceptors (Lipinski definition) is 5. The van der Waals surface area contributed by atoms with Crippen LogP contribution in [0.15, 0.2) is 48.5 Å². The van der Waals surface area contributed by atoms with Gasteiger partial charge in [-0.15, -0.1) is 0 Å². The second-order valence-electron chi connectivity index (χ2n) is 6.35. The van der Waals surface area contributed by atoms with Gasteiger partial charge >= 0.3 is 0 Å². The molecule has 29 heavy (non-hydrogen) atoms. The van der Waals surface area contributed by atoms with Crippen molar-refractivity contribution in [3.63, 3.8) is 0 Å². The van der Waals surface area contributed by atoms with Crippen LogP contribution in [0.1, 0.15) is 18.9 Å². The third-order valence-corrected chi connectivity index (χ3v) is 4.56. The Morgan fingerprint density at radius 3 is 2.21 bits per heavy atom. The highest BCUT2D eigenvalue weighted by Crippen LogP contribution is 2.26. The molecule has 2 amide bonds. The molecular formula is C22H28N2O5. The lowest BCUT2D eigenvalue weighted by molar-refractivity contribution is -0.142. The van der Waals surface area contributed by atoms with Crippen molar-refractivity contribution in [1.82, 2.24) is 10.2 Å². The van der Waals surface area contributed by atoms with Gasteiger partial charge in [0.05, 0.1) is 14.2 Å². The number of para-hydroxylation sites is 2. The number of carbonyl (C=O) groups is 2. The molecule has 0 saturated heterocycles. The van der Waals surface area contributed by atoms with Gasteiger partial charge < -0.3 is 24.4 Å². The zero-order chi connectivity index (χ0) is 21.2. The molecule has 0 spiro atoms. The molecule has 0 aliphatic rings. The molecule has 2 rings (SSSR count). The van der Waals surface area contributed by atoms with Crippen LogP contribution in [0.4, 0.5) is 0 Å². The van der Waals surface area contributed by atoms with Gasteiger partial charge in [-0.05, 0) is 36.2 Å². The number of likely N-dealkylation sites (N-methyl/N-ethyl adjacent to an activating group) is 1. The molecule has 0 aliphatic carbocycles. The van der Waals surface area contributed by atoms with Crippen molar-refractivity contribution < 1.29 is 23.8 Å². The van der Waals surface area contributed by atoms with Crippen LogP contribution in [0.3, 0.4) is 0 Å². The summed E-state index contributed by atoms with van der Waals surface area (Å²) in [5.74, 6) is 1.24. The standard InChI is InChI=1S/C22H28N2O5/c1-5-18(22(26)23-2)24(14-16-10-12-17(27-3)13-11-16)21(25)15-29-20-9-7-6-8-19(20)28-4/h6-13,18H,5,14-15H2,1-4H3,(H,23,26)/t18-/m1/s1. The molecule has 0 fully saturated rings. The summed E-state index contributed by atoms with van der Waals surface area (Å²) < 4.78 is 16.1. The normalized spacial score (nSPS) is 11.3. The van der Waals surface area contributed by atoms with Gasteiger partial charge in [0.2, 0.25) is 5.91 Å². The first-order chi connectivity index (χ1) is 14.0. The quantitative estimate of drug-likeness (QED) is 0.663. The van der Waals surface area contributed by atoms with Crippen LogP contribution in [0.2, 0.25) is 0 Å². The highest BCUT2D eigenvalue weighted by atomic mass is 16.5. The number of amides is 2. The minimum Gasteiger partial charge on any atom is -0.497 e. The van der Waals surface area contributed by atoms with Crippen LogP contribution in [0.5, 0.6) is 17.2 Å². The van der Waals surface area contributed by atoms with E-state index in [1.165, 1.54) is 4.90 Å².